The van der Waals surface area contributed by atoms with Crippen LogP contribution in [0.25, 0.3) is 20.9 Å². The molecule has 9 nitrogen and oxygen atoms in total. The molecule has 2 rings (SSSR count). The highest BCUT2D eigenvalue weighted by Gasteiger charge is 2.41. The molecule has 0 radical (unpaired) electrons. The number of hydrogen-bond acceptors (Lipinski definition) is 3. The van der Waals surface area contributed by atoms with Crippen LogP contribution >= 0.6 is 7.14 Å². The van der Waals surface area contributed by atoms with Crippen molar-refractivity contribution < 1.29 is 14.2 Å². The monoisotopic (exact) mass is 368 g/mol. The summed E-state index contributed by atoms with van der Waals surface area (Å²) in [6.45, 7) is 0. The lowest BCUT2D eigenvalue weighted by molar-refractivity contribution is -0.122. The third-order valence-corrected chi connectivity index (χ3v) is 7.08. The van der Waals surface area contributed by atoms with Gasteiger partial charge in [-0.15, -0.1) is 0 Å². The van der Waals surface area contributed by atoms with E-state index < -0.39 is 31.0 Å². The Kier molecular flexibility index (Phi) is 6.31. The molecule has 0 aliphatic carbocycles. The maximum Gasteiger partial charge on any atom is 0.230 e. The van der Waals surface area contributed by atoms with E-state index in [1.165, 1.54) is 0 Å². The van der Waals surface area contributed by atoms with Crippen molar-refractivity contribution in [1.82, 2.24) is 0 Å². The normalized spacial score (nSPS) is 11.5. The van der Waals surface area contributed by atoms with E-state index in [1.807, 2.05) is 0 Å². The molecule has 2 aromatic carbocycles. The molecule has 0 aromatic heterocycles. The van der Waals surface area contributed by atoms with E-state index in [1.54, 1.807) is 60.7 Å². The third-order valence-electron chi connectivity index (χ3n) is 3.67. The van der Waals surface area contributed by atoms with Gasteiger partial charge in [-0.2, -0.15) is 0 Å². The summed E-state index contributed by atoms with van der Waals surface area (Å²) >= 11 is 0. The maximum atomic E-state index is 14.1. The van der Waals surface area contributed by atoms with Gasteiger partial charge in [0.05, 0.1) is 5.66 Å². The molecule has 1 unspecified atom stereocenters. The standard InChI is InChI=1S/C16H13N6O3P/c17-21-19-15(23)11-14(16(24)20-22-18)26(25,12-7-3-1-4-8-12)13-9-5-2-6-10-13/h1-10,14H,11H2. The van der Waals surface area contributed by atoms with E-state index in [0.29, 0.717) is 10.6 Å². The molecular formula is C16H13N6O3P. The van der Waals surface area contributed by atoms with Gasteiger partial charge in [0.1, 0.15) is 0 Å². The van der Waals surface area contributed by atoms with Crippen molar-refractivity contribution in [3.63, 3.8) is 0 Å². The van der Waals surface area contributed by atoms with Crippen LogP contribution in [0.5, 0.6) is 0 Å². The van der Waals surface area contributed by atoms with Crippen LogP contribution in [0.1, 0.15) is 6.42 Å². The first-order valence-corrected chi connectivity index (χ1v) is 9.19. The Morgan fingerprint density at radius 1 is 0.885 bits per heavy atom. The first-order valence-electron chi connectivity index (χ1n) is 7.42. The molecule has 10 heteroatoms. The van der Waals surface area contributed by atoms with Crippen molar-refractivity contribution in [1.29, 1.82) is 0 Å². The molecule has 26 heavy (non-hydrogen) atoms. The zero-order valence-electron chi connectivity index (χ0n) is 13.4. The minimum absolute atomic E-state index is 0.325. The Morgan fingerprint density at radius 3 is 1.77 bits per heavy atom. The number of amides is 2. The van der Waals surface area contributed by atoms with E-state index >= 15 is 0 Å². The summed E-state index contributed by atoms with van der Waals surface area (Å²) < 4.78 is 14.1. The molecule has 0 bridgehead atoms. The van der Waals surface area contributed by atoms with Crippen molar-refractivity contribution in [2.75, 3.05) is 0 Å². The van der Waals surface area contributed by atoms with Crippen LogP contribution in [0.2, 0.25) is 0 Å². The number of carbonyl (C=O) groups excluding carboxylic acids is 2. The van der Waals surface area contributed by atoms with Gasteiger partial charge in [0.15, 0.2) is 7.14 Å². The highest BCUT2D eigenvalue weighted by molar-refractivity contribution is 7.80. The molecule has 1 atom stereocenters. The fourth-order valence-corrected chi connectivity index (χ4v) is 5.57. The summed E-state index contributed by atoms with van der Waals surface area (Å²) in [6, 6.07) is 16.3. The van der Waals surface area contributed by atoms with Crippen molar-refractivity contribution in [2.24, 2.45) is 10.2 Å². The first-order chi connectivity index (χ1) is 12.5. The second-order valence-corrected chi connectivity index (χ2v) is 8.13. The maximum absolute atomic E-state index is 14.1. The van der Waals surface area contributed by atoms with Crippen molar-refractivity contribution in [2.45, 2.75) is 12.1 Å². The fraction of sp³-hybridized carbons (Fsp3) is 0.125. The molecule has 0 N–H and O–H groups in total. The molecule has 2 amide bonds. The van der Waals surface area contributed by atoms with Crippen molar-refractivity contribution in [3.05, 3.63) is 81.5 Å². The second-order valence-electron chi connectivity index (χ2n) is 5.16. The molecule has 0 saturated heterocycles. The van der Waals surface area contributed by atoms with Crippen LogP contribution in [-0.4, -0.2) is 17.5 Å². The van der Waals surface area contributed by atoms with E-state index in [-0.39, 0.29) is 0 Å². The largest absolute Gasteiger partial charge is 0.313 e. The second kappa shape index (κ2) is 8.65. The Hall–Kier alpha value is -3.37. The van der Waals surface area contributed by atoms with E-state index in [9.17, 15) is 14.2 Å². The lowest BCUT2D eigenvalue weighted by Crippen LogP contribution is -2.32. The van der Waals surface area contributed by atoms with Gasteiger partial charge >= 0.3 is 0 Å². The zero-order chi connectivity index (χ0) is 19.0. The first kappa shape index (κ1) is 19.0. The summed E-state index contributed by atoms with van der Waals surface area (Å²) in [5, 5.41) is 6.63. The zero-order valence-corrected chi connectivity index (χ0v) is 14.3. The smallest absolute Gasteiger partial charge is 0.230 e. The van der Waals surface area contributed by atoms with Crippen LogP contribution in [0.3, 0.4) is 0 Å². The minimum atomic E-state index is -3.72. The van der Waals surface area contributed by atoms with Gasteiger partial charge in [0.2, 0.25) is 11.8 Å². The third kappa shape index (κ3) is 3.99. The highest BCUT2D eigenvalue weighted by Crippen LogP contribution is 2.50. The van der Waals surface area contributed by atoms with Gasteiger partial charge < -0.3 is 4.57 Å². The predicted octanol–water partition coefficient (Wildman–Crippen LogP) is 3.43. The SMILES string of the molecule is [N-]=[N+]=NC(=O)CC(C(=O)N=[N+]=[N-])P(=O)(c1ccccc1)c1ccccc1. The Bertz CT molecular complexity index is 907. The fourth-order valence-electron chi connectivity index (χ4n) is 2.55. The molecule has 0 saturated carbocycles. The average molecular weight is 368 g/mol. The van der Waals surface area contributed by atoms with E-state index in [0.717, 1.165) is 0 Å². The molecule has 2 aromatic rings. The lowest BCUT2D eigenvalue weighted by Gasteiger charge is -2.26. The Labute approximate surface area is 148 Å². The number of hydrogen-bond donors (Lipinski definition) is 0. The van der Waals surface area contributed by atoms with Gasteiger partial charge in [-0.3, -0.25) is 9.59 Å². The number of benzene rings is 2. The quantitative estimate of drug-likeness (QED) is 0.332. The Morgan fingerprint density at radius 2 is 1.35 bits per heavy atom. The molecule has 0 spiro atoms. The van der Waals surface area contributed by atoms with Gasteiger partial charge in [-0.25, -0.2) is 0 Å². The van der Waals surface area contributed by atoms with Gasteiger partial charge in [-0.05, 0) is 21.3 Å². The number of rotatable bonds is 6. The van der Waals surface area contributed by atoms with Crippen LogP contribution in [-0.2, 0) is 14.2 Å². The van der Waals surface area contributed by atoms with Crippen molar-refractivity contribution in [3.8, 4) is 0 Å². The Balaban J connectivity index is 2.71. The molecule has 0 heterocycles. The molecule has 0 aliphatic rings. The van der Waals surface area contributed by atoms with Crippen LogP contribution in [0.4, 0.5) is 0 Å². The number of azide groups is 2. The van der Waals surface area contributed by atoms with Crippen LogP contribution < -0.4 is 10.6 Å². The lowest BCUT2D eigenvalue weighted by atomic mass is 10.3. The number of nitrogens with zero attached hydrogens (tertiary/aromatic N) is 6. The van der Waals surface area contributed by atoms with Crippen LogP contribution in [0, 0.1) is 0 Å². The summed E-state index contributed by atoms with van der Waals surface area (Å²) in [6.07, 6.45) is -0.636. The van der Waals surface area contributed by atoms with Crippen LogP contribution in [0.15, 0.2) is 70.9 Å². The predicted molar refractivity (Wildman–Crippen MR) is 96.5 cm³/mol. The number of carbonyl (C=O) groups is 2. The summed E-state index contributed by atoms with van der Waals surface area (Å²) in [5.41, 5.74) is 15.6. The van der Waals surface area contributed by atoms with E-state index in [4.69, 9.17) is 11.1 Å². The topological polar surface area (TPSA) is 149 Å². The summed E-state index contributed by atoms with van der Waals surface area (Å²) in [7, 11) is -3.72. The molecular weight excluding hydrogens is 355 g/mol. The molecule has 0 fully saturated rings. The van der Waals surface area contributed by atoms with Crippen molar-refractivity contribution >= 4 is 29.6 Å². The van der Waals surface area contributed by atoms with Gasteiger partial charge in [0, 0.05) is 26.9 Å². The van der Waals surface area contributed by atoms with Gasteiger partial charge in [-0.1, -0.05) is 60.7 Å². The summed E-state index contributed by atoms with van der Waals surface area (Å²) in [5.74, 6) is -2.02. The minimum Gasteiger partial charge on any atom is -0.313 e. The average Bonchev–Trinajstić information content (AvgIpc) is 2.67. The molecule has 130 valence electrons. The van der Waals surface area contributed by atoms with Gasteiger partial charge in [0.25, 0.3) is 0 Å². The summed E-state index contributed by atoms with van der Waals surface area (Å²) in [4.78, 5) is 29.1. The molecule has 0 aliphatic heterocycles. The highest BCUT2D eigenvalue weighted by atomic mass is 31.2. The van der Waals surface area contributed by atoms with E-state index in [2.05, 4.69) is 20.1 Å².